The normalized spacial score (nSPS) is 14.7. The molecular weight excluding hydrogens is 268 g/mol. The van der Waals surface area contributed by atoms with Gasteiger partial charge in [-0.15, -0.1) is 11.3 Å². The summed E-state index contributed by atoms with van der Waals surface area (Å²) >= 11 is 1.83. The first-order valence-corrected chi connectivity index (χ1v) is 7.83. The predicted molar refractivity (Wildman–Crippen MR) is 84.0 cm³/mol. The highest BCUT2D eigenvalue weighted by Gasteiger charge is 2.29. The second-order valence-electron chi connectivity index (χ2n) is 5.29. The lowest BCUT2D eigenvalue weighted by Crippen LogP contribution is -2.24. The molecule has 2 aromatic rings. The molecule has 3 rings (SSSR count). The fourth-order valence-electron chi connectivity index (χ4n) is 2.47. The number of hydrogen-bond acceptors (Lipinski definition) is 4. The van der Waals surface area contributed by atoms with E-state index < -0.39 is 0 Å². The molecule has 0 radical (unpaired) electrons. The lowest BCUT2D eigenvalue weighted by Gasteiger charge is -2.22. The molecule has 0 bridgehead atoms. The highest BCUT2D eigenvalue weighted by molar-refractivity contribution is 7.09. The van der Waals surface area contributed by atoms with Gasteiger partial charge in [-0.3, -0.25) is 4.90 Å². The van der Waals surface area contributed by atoms with Crippen molar-refractivity contribution in [2.24, 2.45) is 0 Å². The van der Waals surface area contributed by atoms with E-state index in [2.05, 4.69) is 28.5 Å². The van der Waals surface area contributed by atoms with Crippen LogP contribution in [0.2, 0.25) is 0 Å². The van der Waals surface area contributed by atoms with Crippen LogP contribution in [0, 0.1) is 0 Å². The van der Waals surface area contributed by atoms with Gasteiger partial charge in [0.2, 0.25) is 0 Å². The summed E-state index contributed by atoms with van der Waals surface area (Å²) in [7, 11) is 1.71. The van der Waals surface area contributed by atoms with Gasteiger partial charge in [0.05, 0.1) is 7.11 Å². The molecule has 0 unspecified atom stereocenters. The summed E-state index contributed by atoms with van der Waals surface area (Å²) < 4.78 is 5.46. The number of anilines is 1. The third kappa shape index (κ3) is 3.14. The quantitative estimate of drug-likeness (QED) is 0.827. The summed E-state index contributed by atoms with van der Waals surface area (Å²) in [6, 6.07) is 11.0. The summed E-state index contributed by atoms with van der Waals surface area (Å²) in [6.45, 7) is 1.95. The van der Waals surface area contributed by atoms with Gasteiger partial charge in [-0.05, 0) is 30.4 Å². The lowest BCUT2D eigenvalue weighted by molar-refractivity contribution is 0.244. The average molecular weight is 288 g/mol. The van der Waals surface area contributed by atoms with E-state index in [1.165, 1.54) is 23.3 Å². The fourth-order valence-corrected chi connectivity index (χ4v) is 3.20. The van der Waals surface area contributed by atoms with Crippen molar-refractivity contribution >= 4 is 17.0 Å². The van der Waals surface area contributed by atoms with Gasteiger partial charge in [0, 0.05) is 41.3 Å². The summed E-state index contributed by atoms with van der Waals surface area (Å²) in [5.74, 6) is 0.891. The third-order valence-corrected chi connectivity index (χ3v) is 4.55. The minimum atomic E-state index is 0.722. The SMILES string of the molecule is COc1cc(N)ccc1CN(Cc1cccs1)C1CC1. The molecule has 2 N–H and O–H groups in total. The topological polar surface area (TPSA) is 38.5 Å². The molecule has 1 fully saturated rings. The number of thiophene rings is 1. The van der Waals surface area contributed by atoms with E-state index >= 15 is 0 Å². The standard InChI is InChI=1S/C16H20N2OS/c1-19-16-9-13(17)5-4-12(16)10-18(14-6-7-14)11-15-3-2-8-20-15/h2-5,8-9,14H,6-7,10-11,17H2,1H3. The van der Waals surface area contributed by atoms with Crippen molar-refractivity contribution in [3.05, 3.63) is 46.2 Å². The largest absolute Gasteiger partial charge is 0.496 e. The van der Waals surface area contributed by atoms with Crippen molar-refractivity contribution in [1.29, 1.82) is 0 Å². The summed E-state index contributed by atoms with van der Waals surface area (Å²) in [5.41, 5.74) is 7.79. The van der Waals surface area contributed by atoms with E-state index in [1.807, 2.05) is 23.5 Å². The molecule has 1 aromatic heterocycles. The molecule has 20 heavy (non-hydrogen) atoms. The number of ether oxygens (including phenoxy) is 1. The zero-order valence-electron chi connectivity index (χ0n) is 11.7. The number of benzene rings is 1. The molecule has 4 heteroatoms. The number of nitrogen functional groups attached to an aromatic ring is 1. The summed E-state index contributed by atoms with van der Waals surface area (Å²) in [6.07, 6.45) is 2.62. The van der Waals surface area contributed by atoms with E-state index in [-0.39, 0.29) is 0 Å². The lowest BCUT2D eigenvalue weighted by atomic mass is 10.1. The molecule has 0 amide bonds. The molecule has 0 spiro atoms. The molecule has 1 aliphatic carbocycles. The Labute approximate surface area is 124 Å². The van der Waals surface area contributed by atoms with Crippen LogP contribution in [0.3, 0.4) is 0 Å². The van der Waals surface area contributed by atoms with Crippen LogP contribution in [0.4, 0.5) is 5.69 Å². The third-order valence-electron chi connectivity index (χ3n) is 3.69. The van der Waals surface area contributed by atoms with Gasteiger partial charge in [0.15, 0.2) is 0 Å². The minimum Gasteiger partial charge on any atom is -0.496 e. The molecule has 0 atom stereocenters. The maximum atomic E-state index is 5.82. The van der Waals surface area contributed by atoms with Gasteiger partial charge >= 0.3 is 0 Å². The molecule has 1 aromatic carbocycles. The van der Waals surface area contributed by atoms with Gasteiger partial charge in [0.25, 0.3) is 0 Å². The highest BCUT2D eigenvalue weighted by Crippen LogP contribution is 2.32. The van der Waals surface area contributed by atoms with Gasteiger partial charge in [-0.1, -0.05) is 12.1 Å². The van der Waals surface area contributed by atoms with Gasteiger partial charge in [-0.2, -0.15) is 0 Å². The Kier molecular flexibility index (Phi) is 3.94. The van der Waals surface area contributed by atoms with Crippen molar-refractivity contribution in [1.82, 2.24) is 4.90 Å². The Hall–Kier alpha value is -1.52. The molecule has 3 nitrogen and oxygen atoms in total. The highest BCUT2D eigenvalue weighted by atomic mass is 32.1. The first-order valence-electron chi connectivity index (χ1n) is 6.95. The van der Waals surface area contributed by atoms with Crippen LogP contribution < -0.4 is 10.5 Å². The number of methoxy groups -OCH3 is 1. The number of rotatable bonds is 6. The van der Waals surface area contributed by atoms with Crippen LogP contribution in [-0.4, -0.2) is 18.1 Å². The maximum Gasteiger partial charge on any atom is 0.125 e. The first-order chi connectivity index (χ1) is 9.76. The van der Waals surface area contributed by atoms with E-state index in [1.54, 1.807) is 7.11 Å². The Balaban J connectivity index is 1.76. The Bertz CT molecular complexity index is 564. The molecule has 0 aliphatic heterocycles. The fraction of sp³-hybridized carbons (Fsp3) is 0.375. The van der Waals surface area contributed by atoms with Crippen LogP contribution in [0.25, 0.3) is 0 Å². The molecule has 0 saturated heterocycles. The minimum absolute atomic E-state index is 0.722. The first kappa shape index (κ1) is 13.5. The van der Waals surface area contributed by atoms with Crippen LogP contribution >= 0.6 is 11.3 Å². The smallest absolute Gasteiger partial charge is 0.125 e. The van der Waals surface area contributed by atoms with Crippen LogP contribution in [0.5, 0.6) is 5.75 Å². The molecule has 1 heterocycles. The van der Waals surface area contributed by atoms with Gasteiger partial charge in [0.1, 0.15) is 5.75 Å². The van der Waals surface area contributed by atoms with E-state index in [9.17, 15) is 0 Å². The molecule has 1 aliphatic rings. The second-order valence-corrected chi connectivity index (χ2v) is 6.32. The van der Waals surface area contributed by atoms with E-state index in [4.69, 9.17) is 10.5 Å². The molecule has 1 saturated carbocycles. The second kappa shape index (κ2) is 5.85. The van der Waals surface area contributed by atoms with Gasteiger partial charge in [-0.25, -0.2) is 0 Å². The Morgan fingerprint density at radius 2 is 2.15 bits per heavy atom. The maximum absolute atomic E-state index is 5.82. The van der Waals surface area contributed by atoms with Crippen LogP contribution in [0.1, 0.15) is 23.3 Å². The number of nitrogens with two attached hydrogens (primary N) is 1. The Morgan fingerprint density at radius 1 is 1.30 bits per heavy atom. The number of hydrogen-bond donors (Lipinski definition) is 1. The summed E-state index contributed by atoms with van der Waals surface area (Å²) in [5, 5.41) is 2.14. The average Bonchev–Trinajstić information content (AvgIpc) is 3.18. The summed E-state index contributed by atoms with van der Waals surface area (Å²) in [4.78, 5) is 3.96. The van der Waals surface area contributed by atoms with E-state index in [0.29, 0.717) is 0 Å². The number of nitrogens with zero attached hydrogens (tertiary/aromatic N) is 1. The van der Waals surface area contributed by atoms with Crippen molar-refractivity contribution in [2.45, 2.75) is 32.0 Å². The van der Waals surface area contributed by atoms with Crippen molar-refractivity contribution in [2.75, 3.05) is 12.8 Å². The zero-order valence-corrected chi connectivity index (χ0v) is 12.5. The zero-order chi connectivity index (χ0) is 13.9. The van der Waals surface area contributed by atoms with Crippen molar-refractivity contribution in [3.63, 3.8) is 0 Å². The van der Waals surface area contributed by atoms with Gasteiger partial charge < -0.3 is 10.5 Å². The van der Waals surface area contributed by atoms with Crippen LogP contribution in [0.15, 0.2) is 35.7 Å². The Morgan fingerprint density at radius 3 is 2.80 bits per heavy atom. The molecular formula is C16H20N2OS. The van der Waals surface area contributed by atoms with E-state index in [0.717, 1.165) is 30.6 Å². The predicted octanol–water partition coefficient (Wildman–Crippen LogP) is 3.50. The van der Waals surface area contributed by atoms with Crippen LogP contribution in [-0.2, 0) is 13.1 Å². The molecule has 106 valence electrons. The van der Waals surface area contributed by atoms with Crippen molar-refractivity contribution < 1.29 is 4.74 Å². The monoisotopic (exact) mass is 288 g/mol. The van der Waals surface area contributed by atoms with Crippen molar-refractivity contribution in [3.8, 4) is 5.75 Å².